The molecule has 0 spiro atoms. The van der Waals surface area contributed by atoms with Gasteiger partial charge in [-0.3, -0.25) is 9.10 Å². The Morgan fingerprint density at radius 2 is 1.81 bits per heavy atom. The number of hydrogen-bond acceptors (Lipinski definition) is 5. The van der Waals surface area contributed by atoms with E-state index in [0.717, 1.165) is 4.31 Å². The van der Waals surface area contributed by atoms with Crippen molar-refractivity contribution in [3.63, 3.8) is 0 Å². The van der Waals surface area contributed by atoms with Gasteiger partial charge < -0.3 is 10.5 Å². The number of halogens is 1. The Morgan fingerprint density at radius 1 is 1.15 bits per heavy atom. The summed E-state index contributed by atoms with van der Waals surface area (Å²) >= 11 is 5.91. The van der Waals surface area contributed by atoms with E-state index in [0.29, 0.717) is 10.7 Å². The van der Waals surface area contributed by atoms with Crippen molar-refractivity contribution in [3.05, 3.63) is 59.1 Å². The third-order valence-electron chi connectivity index (χ3n) is 3.58. The number of anilines is 1. The predicted octanol–water partition coefficient (Wildman–Crippen LogP) is 2.20. The fraction of sp³-hybridized carbons (Fsp3) is 0.176. The SMILES string of the molecule is C[C@@H](OC(=O)c1cccc(S(=O)(=O)N(C)c2cccc(Cl)c2)c1)C(N)=O. The molecule has 0 aliphatic carbocycles. The average Bonchev–Trinajstić information content (AvgIpc) is 2.60. The van der Waals surface area contributed by atoms with Crippen LogP contribution in [0, 0.1) is 0 Å². The zero-order valence-corrected chi connectivity index (χ0v) is 15.6. The first kappa shape index (κ1) is 19.7. The number of nitrogens with zero attached hydrogens (tertiary/aromatic N) is 1. The molecule has 0 unspecified atom stereocenters. The molecule has 0 bridgehead atoms. The fourth-order valence-corrected chi connectivity index (χ4v) is 3.46. The molecule has 0 aliphatic heterocycles. The second kappa shape index (κ2) is 7.76. The molecule has 0 saturated carbocycles. The van der Waals surface area contributed by atoms with Crippen molar-refractivity contribution in [3.8, 4) is 0 Å². The van der Waals surface area contributed by atoms with Crippen LogP contribution >= 0.6 is 11.6 Å². The number of esters is 1. The number of hydrogen-bond donors (Lipinski definition) is 1. The Morgan fingerprint density at radius 3 is 2.42 bits per heavy atom. The number of primary amides is 1. The molecule has 0 radical (unpaired) electrons. The van der Waals surface area contributed by atoms with E-state index in [-0.39, 0.29) is 10.5 Å². The highest BCUT2D eigenvalue weighted by Crippen LogP contribution is 2.25. The van der Waals surface area contributed by atoms with E-state index in [4.69, 9.17) is 22.1 Å². The monoisotopic (exact) mass is 396 g/mol. The first-order chi connectivity index (χ1) is 12.1. The van der Waals surface area contributed by atoms with E-state index in [2.05, 4.69) is 0 Å². The van der Waals surface area contributed by atoms with Crippen molar-refractivity contribution in [2.45, 2.75) is 17.9 Å². The molecule has 0 fully saturated rings. The van der Waals surface area contributed by atoms with Gasteiger partial charge in [0.25, 0.3) is 15.9 Å². The smallest absolute Gasteiger partial charge is 0.338 e. The lowest BCUT2D eigenvalue weighted by molar-refractivity contribution is -0.125. The van der Waals surface area contributed by atoms with E-state index < -0.39 is 28.0 Å². The van der Waals surface area contributed by atoms with E-state index in [1.165, 1.54) is 44.3 Å². The van der Waals surface area contributed by atoms with Gasteiger partial charge in [0, 0.05) is 12.1 Å². The summed E-state index contributed by atoms with van der Waals surface area (Å²) < 4.78 is 31.5. The summed E-state index contributed by atoms with van der Waals surface area (Å²) in [5.41, 5.74) is 5.40. The molecular weight excluding hydrogens is 380 g/mol. The van der Waals surface area contributed by atoms with Crippen molar-refractivity contribution < 1.29 is 22.7 Å². The molecule has 0 saturated heterocycles. The number of ether oxygens (including phenoxy) is 1. The van der Waals surface area contributed by atoms with Gasteiger partial charge in [0.15, 0.2) is 6.10 Å². The molecule has 7 nitrogen and oxygen atoms in total. The molecule has 1 amide bonds. The van der Waals surface area contributed by atoms with Crippen LogP contribution in [0.25, 0.3) is 0 Å². The highest BCUT2D eigenvalue weighted by molar-refractivity contribution is 7.92. The van der Waals surface area contributed by atoms with Crippen LogP contribution in [-0.2, 0) is 19.6 Å². The first-order valence-electron chi connectivity index (χ1n) is 7.48. The Hall–Kier alpha value is -2.58. The van der Waals surface area contributed by atoms with Crippen LogP contribution in [0.4, 0.5) is 5.69 Å². The Kier molecular flexibility index (Phi) is 5.89. The molecule has 0 aromatic heterocycles. The number of amides is 1. The zero-order chi connectivity index (χ0) is 19.5. The summed E-state index contributed by atoms with van der Waals surface area (Å²) in [5, 5.41) is 0.391. The molecule has 2 aromatic rings. The number of nitrogens with two attached hydrogens (primary N) is 1. The van der Waals surface area contributed by atoms with Gasteiger partial charge in [-0.1, -0.05) is 23.7 Å². The van der Waals surface area contributed by atoms with Crippen LogP contribution in [0.1, 0.15) is 17.3 Å². The standard InChI is InChI=1S/C17H17ClN2O5S/c1-11(16(19)21)25-17(22)12-5-3-8-15(9-12)26(23,24)20(2)14-7-4-6-13(18)10-14/h3-11H,1-2H3,(H2,19,21)/t11-/m1/s1. The van der Waals surface area contributed by atoms with Gasteiger partial charge in [0.05, 0.1) is 16.1 Å². The highest BCUT2D eigenvalue weighted by Gasteiger charge is 2.24. The normalized spacial score (nSPS) is 12.3. The molecule has 26 heavy (non-hydrogen) atoms. The Labute approximate surface area is 156 Å². The largest absolute Gasteiger partial charge is 0.449 e. The quantitative estimate of drug-likeness (QED) is 0.753. The first-order valence-corrected chi connectivity index (χ1v) is 9.29. The van der Waals surface area contributed by atoms with Crippen LogP contribution in [0.15, 0.2) is 53.4 Å². The maximum Gasteiger partial charge on any atom is 0.338 e. The lowest BCUT2D eigenvalue weighted by atomic mass is 10.2. The van der Waals surface area contributed by atoms with Gasteiger partial charge in [-0.15, -0.1) is 0 Å². The van der Waals surface area contributed by atoms with Crippen LogP contribution in [-0.4, -0.2) is 33.4 Å². The third kappa shape index (κ3) is 4.33. The number of carbonyl (C=O) groups is 2. The van der Waals surface area contributed by atoms with Gasteiger partial charge in [0.2, 0.25) is 0 Å². The summed E-state index contributed by atoms with van der Waals surface area (Å²) in [4.78, 5) is 23.0. The van der Waals surface area contributed by atoms with Crippen LogP contribution in [0.2, 0.25) is 5.02 Å². The molecule has 2 N–H and O–H groups in total. The molecular formula is C17H17ClN2O5S. The molecule has 2 rings (SSSR count). The highest BCUT2D eigenvalue weighted by atomic mass is 35.5. The second-order valence-corrected chi connectivity index (χ2v) is 7.84. The second-order valence-electron chi connectivity index (χ2n) is 5.43. The van der Waals surface area contributed by atoms with Gasteiger partial charge in [-0.05, 0) is 43.3 Å². The van der Waals surface area contributed by atoms with Crippen molar-refractivity contribution >= 4 is 39.2 Å². The number of carbonyl (C=O) groups excluding carboxylic acids is 2. The van der Waals surface area contributed by atoms with Crippen molar-refractivity contribution in [2.24, 2.45) is 5.73 Å². The lowest BCUT2D eigenvalue weighted by Gasteiger charge is -2.20. The summed E-state index contributed by atoms with van der Waals surface area (Å²) in [6.45, 7) is 1.33. The number of benzene rings is 2. The van der Waals surface area contributed by atoms with Gasteiger partial charge in [0.1, 0.15) is 0 Å². The minimum absolute atomic E-state index is 0.0151. The molecule has 138 valence electrons. The van der Waals surface area contributed by atoms with Crippen molar-refractivity contribution in [1.29, 1.82) is 0 Å². The van der Waals surface area contributed by atoms with E-state index in [9.17, 15) is 18.0 Å². The summed E-state index contributed by atoms with van der Waals surface area (Å²) in [6.07, 6.45) is -1.13. The molecule has 0 aliphatic rings. The topological polar surface area (TPSA) is 107 Å². The van der Waals surface area contributed by atoms with Crippen LogP contribution in [0.3, 0.4) is 0 Å². The van der Waals surface area contributed by atoms with Gasteiger partial charge >= 0.3 is 5.97 Å². The minimum Gasteiger partial charge on any atom is -0.449 e. The van der Waals surface area contributed by atoms with Crippen molar-refractivity contribution in [2.75, 3.05) is 11.4 Å². The predicted molar refractivity (Wildman–Crippen MR) is 97.6 cm³/mol. The van der Waals surface area contributed by atoms with Gasteiger partial charge in [-0.2, -0.15) is 0 Å². The number of sulfonamides is 1. The molecule has 2 aromatic carbocycles. The number of rotatable bonds is 6. The molecule has 0 heterocycles. The third-order valence-corrected chi connectivity index (χ3v) is 5.60. The minimum atomic E-state index is -3.93. The van der Waals surface area contributed by atoms with E-state index in [1.54, 1.807) is 18.2 Å². The van der Waals surface area contributed by atoms with Crippen LogP contribution < -0.4 is 10.0 Å². The van der Waals surface area contributed by atoms with Crippen molar-refractivity contribution in [1.82, 2.24) is 0 Å². The Bertz CT molecular complexity index is 946. The maximum absolute atomic E-state index is 12.8. The summed E-state index contributed by atoms with van der Waals surface area (Å²) in [7, 11) is -2.56. The lowest BCUT2D eigenvalue weighted by Crippen LogP contribution is -2.30. The van der Waals surface area contributed by atoms with E-state index >= 15 is 0 Å². The fourth-order valence-electron chi connectivity index (χ4n) is 2.04. The van der Waals surface area contributed by atoms with Crippen LogP contribution in [0.5, 0.6) is 0 Å². The maximum atomic E-state index is 12.8. The zero-order valence-electron chi connectivity index (χ0n) is 14.0. The van der Waals surface area contributed by atoms with Gasteiger partial charge in [-0.25, -0.2) is 13.2 Å². The Balaban J connectivity index is 2.33. The molecule has 9 heteroatoms. The summed E-state index contributed by atoms with van der Waals surface area (Å²) in [6, 6.07) is 11.7. The van der Waals surface area contributed by atoms with E-state index in [1.807, 2.05) is 0 Å². The summed E-state index contributed by atoms with van der Waals surface area (Å²) in [5.74, 6) is -1.65. The average molecular weight is 397 g/mol. The molecule has 1 atom stereocenters.